The molecule has 0 saturated carbocycles. The van der Waals surface area contributed by atoms with Gasteiger partial charge >= 0.3 is 0 Å². The minimum absolute atomic E-state index is 0.0106. The molecule has 9 nitrogen and oxygen atoms in total. The Bertz CT molecular complexity index is 878. The highest BCUT2D eigenvalue weighted by Crippen LogP contribution is 2.15. The predicted octanol–water partition coefficient (Wildman–Crippen LogP) is 8.94. The molecule has 0 rings (SSSR count). The van der Waals surface area contributed by atoms with Crippen molar-refractivity contribution in [1.82, 2.24) is 4.90 Å². The number of allylic oxidation sites excluding steroid dienone is 2. The summed E-state index contributed by atoms with van der Waals surface area (Å²) in [5, 5.41) is 0. The summed E-state index contributed by atoms with van der Waals surface area (Å²) in [6, 6.07) is -2.60. The molecule has 0 aliphatic rings. The Morgan fingerprint density at radius 2 is 0.904 bits per heavy atom. The van der Waals surface area contributed by atoms with Crippen LogP contribution in [0.15, 0.2) is 17.1 Å². The van der Waals surface area contributed by atoms with E-state index < -0.39 is 18.1 Å². The summed E-state index contributed by atoms with van der Waals surface area (Å²) in [5.41, 5.74) is 29.5. The van der Waals surface area contributed by atoms with E-state index in [1.165, 1.54) is 154 Å². The van der Waals surface area contributed by atoms with Gasteiger partial charge in [-0.2, -0.15) is 0 Å². The molecular weight excluding hydrogens is 647 g/mol. The molecule has 0 aromatic rings. The number of unbranched alkanes of at least 4 members (excludes halogenated alkanes) is 25. The van der Waals surface area contributed by atoms with Crippen molar-refractivity contribution in [2.45, 2.75) is 225 Å². The van der Waals surface area contributed by atoms with E-state index in [2.05, 4.69) is 31.0 Å². The second kappa shape index (κ2) is 37.3. The summed E-state index contributed by atoms with van der Waals surface area (Å²) in [4.78, 5) is 32.2. The van der Waals surface area contributed by atoms with Crippen LogP contribution in [0, 0.1) is 0 Å². The molecule has 0 aliphatic heterocycles. The minimum Gasteiger partial charge on any atom is -0.370 e. The molecule has 0 aromatic carbocycles. The maximum atomic E-state index is 13.6. The van der Waals surface area contributed by atoms with Crippen LogP contribution in [0.2, 0.25) is 0 Å². The lowest BCUT2D eigenvalue weighted by Crippen LogP contribution is -2.57. The monoisotopic (exact) mass is 734 g/mol. The first-order valence-corrected chi connectivity index (χ1v) is 22.0. The molecule has 1 amide bonds. The van der Waals surface area contributed by atoms with Gasteiger partial charge < -0.3 is 33.6 Å². The molecule has 0 heterocycles. The number of hydrogen-bond donors (Lipinski definition) is 5. The van der Waals surface area contributed by atoms with Crippen molar-refractivity contribution in [3.8, 4) is 0 Å². The van der Waals surface area contributed by atoms with E-state index in [1.807, 2.05) is 4.90 Å². The van der Waals surface area contributed by atoms with Gasteiger partial charge in [-0.05, 0) is 44.9 Å². The third kappa shape index (κ3) is 31.5. The van der Waals surface area contributed by atoms with E-state index in [0.29, 0.717) is 26.1 Å². The van der Waals surface area contributed by atoms with E-state index in [4.69, 9.17) is 28.7 Å². The molecule has 0 saturated heterocycles. The number of Topliss-reactive ketones (excluding diaryl/α,β-unsaturated/α-hetero) is 1. The summed E-state index contributed by atoms with van der Waals surface area (Å²) in [7, 11) is 0. The number of amides is 1. The highest BCUT2D eigenvalue weighted by molar-refractivity contribution is 5.93. The van der Waals surface area contributed by atoms with Gasteiger partial charge in [0, 0.05) is 32.1 Å². The highest BCUT2D eigenvalue weighted by atomic mass is 16.2. The van der Waals surface area contributed by atoms with Crippen molar-refractivity contribution in [3.05, 3.63) is 12.2 Å². The third-order valence-corrected chi connectivity index (χ3v) is 10.3. The van der Waals surface area contributed by atoms with E-state index in [0.717, 1.165) is 25.7 Å². The van der Waals surface area contributed by atoms with Crippen molar-refractivity contribution < 1.29 is 9.59 Å². The number of carbonyl (C=O) groups excluding carboxylic acids is 2. The zero-order chi connectivity index (χ0) is 38.5. The van der Waals surface area contributed by atoms with Gasteiger partial charge in [0.05, 0.1) is 6.04 Å². The molecule has 0 bridgehead atoms. The van der Waals surface area contributed by atoms with Crippen LogP contribution >= 0.6 is 0 Å². The molecule has 10 N–H and O–H groups in total. The quantitative estimate of drug-likeness (QED) is 0.0181. The smallest absolute Gasteiger partial charge is 0.241 e. The molecule has 0 spiro atoms. The molecule has 0 aromatic heterocycles. The zero-order valence-electron chi connectivity index (χ0n) is 34.3. The molecule has 0 aliphatic carbocycles. The minimum atomic E-state index is -1.08. The van der Waals surface area contributed by atoms with Gasteiger partial charge in [0.1, 0.15) is 6.04 Å². The largest absolute Gasteiger partial charge is 0.370 e. The third-order valence-electron chi connectivity index (χ3n) is 10.3. The molecule has 306 valence electrons. The summed E-state index contributed by atoms with van der Waals surface area (Å²) in [5.74, 6) is -0.535. The fraction of sp³-hybridized carbons (Fsp3) is 0.884. The van der Waals surface area contributed by atoms with Crippen LogP contribution < -0.4 is 28.7 Å². The number of hydrogen-bond acceptors (Lipinski definition) is 6. The van der Waals surface area contributed by atoms with E-state index >= 15 is 0 Å². The van der Waals surface area contributed by atoms with Crippen molar-refractivity contribution in [2.24, 2.45) is 33.7 Å². The van der Waals surface area contributed by atoms with Crippen LogP contribution in [-0.4, -0.2) is 60.3 Å². The standard InChI is InChI=1S/C43H87N7O2/c1-3-5-7-9-11-13-15-17-19-20-22-24-26-28-30-32-36-50(35-31-29-27-25-23-21-18-16-14-12-10-8-6-4-2)42(52)41(46)40(45)39(51)37-38(44)33-34-49-43(47)48/h17,19,38,40-41H,3-16,18,20-37,44-46H2,1-2H3,(H4,47,48,49)/b19-17-/t38-,40?,41?/m0/s1. The fourth-order valence-corrected chi connectivity index (χ4v) is 6.80. The Morgan fingerprint density at radius 3 is 1.29 bits per heavy atom. The van der Waals surface area contributed by atoms with Crippen LogP contribution in [0.4, 0.5) is 0 Å². The van der Waals surface area contributed by atoms with Crippen molar-refractivity contribution in [2.75, 3.05) is 19.6 Å². The fourth-order valence-electron chi connectivity index (χ4n) is 6.80. The maximum Gasteiger partial charge on any atom is 0.241 e. The lowest BCUT2D eigenvalue weighted by Gasteiger charge is -2.28. The highest BCUT2D eigenvalue weighted by Gasteiger charge is 2.31. The first-order valence-electron chi connectivity index (χ1n) is 22.0. The molecule has 2 unspecified atom stereocenters. The van der Waals surface area contributed by atoms with Gasteiger partial charge in [-0.1, -0.05) is 167 Å². The van der Waals surface area contributed by atoms with Crippen molar-refractivity contribution >= 4 is 17.6 Å². The number of guanidine groups is 1. The Labute approximate surface area is 321 Å². The molecule has 0 fully saturated rings. The number of nitrogens with zero attached hydrogens (tertiary/aromatic N) is 2. The van der Waals surface area contributed by atoms with Gasteiger partial charge in [-0.3, -0.25) is 14.6 Å². The number of aliphatic imine (C=N–C) groups is 1. The first-order chi connectivity index (χ1) is 25.2. The van der Waals surface area contributed by atoms with Crippen LogP contribution in [0.3, 0.4) is 0 Å². The summed E-state index contributed by atoms with van der Waals surface area (Å²) < 4.78 is 0. The number of carbonyl (C=O) groups is 2. The lowest BCUT2D eigenvalue weighted by atomic mass is 9.97. The Morgan fingerprint density at radius 1 is 0.538 bits per heavy atom. The van der Waals surface area contributed by atoms with Gasteiger partial charge in [-0.25, -0.2) is 0 Å². The second-order valence-corrected chi connectivity index (χ2v) is 15.4. The molecule has 3 atom stereocenters. The Kier molecular flexibility index (Phi) is 35.9. The van der Waals surface area contributed by atoms with Gasteiger partial charge in [0.2, 0.25) is 5.91 Å². The summed E-state index contributed by atoms with van der Waals surface area (Å²) >= 11 is 0. The number of ketones is 1. The van der Waals surface area contributed by atoms with Crippen molar-refractivity contribution in [3.63, 3.8) is 0 Å². The second-order valence-electron chi connectivity index (χ2n) is 15.4. The van der Waals surface area contributed by atoms with Crippen LogP contribution in [0.1, 0.15) is 206 Å². The number of nitrogens with two attached hydrogens (primary N) is 5. The molecule has 52 heavy (non-hydrogen) atoms. The maximum absolute atomic E-state index is 13.6. The van der Waals surface area contributed by atoms with Crippen LogP contribution in [-0.2, 0) is 9.59 Å². The summed E-state index contributed by atoms with van der Waals surface area (Å²) in [6.07, 6.45) is 40.8. The van der Waals surface area contributed by atoms with Crippen LogP contribution in [0.5, 0.6) is 0 Å². The lowest BCUT2D eigenvalue weighted by molar-refractivity contribution is -0.135. The van der Waals surface area contributed by atoms with E-state index in [9.17, 15) is 9.59 Å². The molecule has 0 radical (unpaired) electrons. The zero-order valence-corrected chi connectivity index (χ0v) is 34.3. The summed E-state index contributed by atoms with van der Waals surface area (Å²) in [6.45, 7) is 6.19. The van der Waals surface area contributed by atoms with Gasteiger partial charge in [0.25, 0.3) is 0 Å². The Balaban J connectivity index is 4.56. The topological polar surface area (TPSA) is 180 Å². The SMILES string of the molecule is CCCCCCCC/C=C\CCCCCCCCN(CCCCCCCCCCCCCCCC)C(=O)C(N)C(N)C(=O)C[C@@H](N)CCN=C(N)N. The normalized spacial score (nSPS) is 13.3. The number of rotatable bonds is 39. The molecular formula is C43H87N7O2. The van der Waals surface area contributed by atoms with Gasteiger partial charge in [0.15, 0.2) is 11.7 Å². The average Bonchev–Trinajstić information content (AvgIpc) is 3.12. The van der Waals surface area contributed by atoms with E-state index in [-0.39, 0.29) is 24.1 Å². The Hall–Kier alpha value is -1.97. The average molecular weight is 734 g/mol. The van der Waals surface area contributed by atoms with Crippen molar-refractivity contribution in [1.29, 1.82) is 0 Å². The molecule has 9 heteroatoms. The van der Waals surface area contributed by atoms with Gasteiger partial charge in [-0.15, -0.1) is 0 Å². The van der Waals surface area contributed by atoms with Crippen LogP contribution in [0.25, 0.3) is 0 Å². The first kappa shape index (κ1) is 50.0. The van der Waals surface area contributed by atoms with E-state index in [1.54, 1.807) is 0 Å². The predicted molar refractivity (Wildman–Crippen MR) is 225 cm³/mol.